The van der Waals surface area contributed by atoms with Crippen molar-refractivity contribution in [1.82, 2.24) is 15.2 Å². The monoisotopic (exact) mass is 371 g/mol. The molecule has 0 spiro atoms. The Morgan fingerprint density at radius 2 is 2.08 bits per heavy atom. The topological polar surface area (TPSA) is 101 Å². The zero-order valence-electron chi connectivity index (χ0n) is 13.5. The number of benzene rings is 1. The fourth-order valence-corrected chi connectivity index (χ4v) is 3.94. The van der Waals surface area contributed by atoms with Crippen LogP contribution in [0.1, 0.15) is 23.9 Å². The lowest BCUT2D eigenvalue weighted by Gasteiger charge is -2.14. The Morgan fingerprint density at radius 1 is 1.38 bits per heavy atom. The summed E-state index contributed by atoms with van der Waals surface area (Å²) in [6, 6.07) is 6.08. The summed E-state index contributed by atoms with van der Waals surface area (Å²) in [5.74, 6) is -0.281. The maximum absolute atomic E-state index is 12.4. The Hall–Kier alpha value is -1.90. The van der Waals surface area contributed by atoms with Gasteiger partial charge >= 0.3 is 0 Å². The van der Waals surface area contributed by atoms with Gasteiger partial charge < -0.3 is 9.84 Å². The van der Waals surface area contributed by atoms with E-state index in [1.165, 1.54) is 20.8 Å². The van der Waals surface area contributed by atoms with Gasteiger partial charge in [-0.15, -0.1) is 0 Å². The molecule has 2 N–H and O–H groups in total. The SMILES string of the molecule is Cc1noc(C)c1S(=O)(=O)N[C@@H](C)C(=O)NCc1cccc(Cl)c1. The second-order valence-corrected chi connectivity index (χ2v) is 7.43. The van der Waals surface area contributed by atoms with E-state index in [2.05, 4.69) is 15.2 Å². The number of amides is 1. The van der Waals surface area contributed by atoms with Gasteiger partial charge in [0.05, 0.1) is 6.04 Å². The summed E-state index contributed by atoms with van der Waals surface area (Å²) in [6.45, 7) is 4.73. The standard InChI is InChI=1S/C15H18ClN3O4S/c1-9-14(11(3)23-18-9)24(21,22)19-10(2)15(20)17-8-12-5-4-6-13(16)7-12/h4-7,10,19H,8H2,1-3H3,(H,17,20)/t10-/m0/s1. The van der Waals surface area contributed by atoms with Crippen LogP contribution in [0.15, 0.2) is 33.7 Å². The molecular weight excluding hydrogens is 354 g/mol. The molecule has 0 unspecified atom stereocenters. The number of nitrogens with one attached hydrogen (secondary N) is 2. The molecule has 0 aliphatic heterocycles. The molecule has 0 aliphatic carbocycles. The van der Waals surface area contributed by atoms with Crippen LogP contribution in [-0.2, 0) is 21.4 Å². The van der Waals surface area contributed by atoms with Crippen molar-refractivity contribution in [1.29, 1.82) is 0 Å². The highest BCUT2D eigenvalue weighted by Gasteiger charge is 2.27. The number of aryl methyl sites for hydroxylation is 2. The molecule has 24 heavy (non-hydrogen) atoms. The summed E-state index contributed by atoms with van der Waals surface area (Å²) in [5.41, 5.74) is 1.06. The van der Waals surface area contributed by atoms with Crippen LogP contribution in [0.5, 0.6) is 0 Å². The number of carbonyl (C=O) groups excluding carboxylic acids is 1. The summed E-state index contributed by atoms with van der Waals surface area (Å²) in [4.78, 5) is 12.1. The van der Waals surface area contributed by atoms with Crippen molar-refractivity contribution in [2.75, 3.05) is 0 Å². The van der Waals surface area contributed by atoms with Crippen molar-refractivity contribution in [2.24, 2.45) is 0 Å². The fourth-order valence-electron chi connectivity index (χ4n) is 2.19. The van der Waals surface area contributed by atoms with Crippen LogP contribution >= 0.6 is 11.6 Å². The van der Waals surface area contributed by atoms with Crippen molar-refractivity contribution in [3.8, 4) is 0 Å². The minimum atomic E-state index is -3.90. The third-order valence-electron chi connectivity index (χ3n) is 3.32. The van der Waals surface area contributed by atoms with Crippen LogP contribution in [0.2, 0.25) is 5.02 Å². The molecule has 0 fully saturated rings. The molecule has 1 heterocycles. The normalized spacial score (nSPS) is 12.8. The Labute approximate surface area is 145 Å². The first-order valence-corrected chi connectivity index (χ1v) is 9.04. The Kier molecular flexibility index (Phi) is 5.63. The Bertz CT molecular complexity index is 829. The number of nitrogens with zero attached hydrogens (tertiary/aromatic N) is 1. The van der Waals surface area contributed by atoms with Crippen LogP contribution in [-0.4, -0.2) is 25.5 Å². The zero-order valence-corrected chi connectivity index (χ0v) is 15.0. The number of sulfonamides is 1. The molecule has 0 bridgehead atoms. The van der Waals surface area contributed by atoms with Gasteiger partial charge in [0.25, 0.3) is 0 Å². The minimum Gasteiger partial charge on any atom is -0.360 e. The number of hydrogen-bond acceptors (Lipinski definition) is 5. The van der Waals surface area contributed by atoms with Gasteiger partial charge in [-0.05, 0) is 38.5 Å². The van der Waals surface area contributed by atoms with E-state index >= 15 is 0 Å². The average molecular weight is 372 g/mol. The Morgan fingerprint density at radius 3 is 2.67 bits per heavy atom. The second-order valence-electron chi connectivity index (χ2n) is 5.34. The first kappa shape index (κ1) is 18.4. The van der Waals surface area contributed by atoms with Crippen LogP contribution in [0.25, 0.3) is 0 Å². The van der Waals surface area contributed by atoms with E-state index in [4.69, 9.17) is 16.1 Å². The quantitative estimate of drug-likeness (QED) is 0.807. The van der Waals surface area contributed by atoms with Crippen LogP contribution in [0, 0.1) is 13.8 Å². The van der Waals surface area contributed by atoms with E-state index < -0.39 is 22.0 Å². The van der Waals surface area contributed by atoms with Crippen molar-refractivity contribution >= 4 is 27.5 Å². The van der Waals surface area contributed by atoms with Crippen LogP contribution in [0.3, 0.4) is 0 Å². The molecule has 1 atom stereocenters. The van der Waals surface area contributed by atoms with Gasteiger partial charge in [-0.3, -0.25) is 4.79 Å². The van der Waals surface area contributed by atoms with E-state index in [0.29, 0.717) is 5.02 Å². The lowest BCUT2D eigenvalue weighted by Crippen LogP contribution is -2.44. The molecule has 9 heteroatoms. The second kappa shape index (κ2) is 7.33. The summed E-state index contributed by atoms with van der Waals surface area (Å²) in [5, 5.41) is 6.83. The van der Waals surface area contributed by atoms with Gasteiger partial charge in [0, 0.05) is 11.6 Å². The minimum absolute atomic E-state index is 0.0445. The van der Waals surface area contributed by atoms with Gasteiger partial charge in [-0.1, -0.05) is 28.9 Å². The molecule has 130 valence electrons. The molecule has 0 aliphatic rings. The van der Waals surface area contributed by atoms with Crippen molar-refractivity contribution in [3.63, 3.8) is 0 Å². The summed E-state index contributed by atoms with van der Waals surface area (Å²) in [6.07, 6.45) is 0. The summed E-state index contributed by atoms with van der Waals surface area (Å²) < 4.78 is 31.9. The highest BCUT2D eigenvalue weighted by Crippen LogP contribution is 2.18. The third-order valence-corrected chi connectivity index (χ3v) is 5.34. The van der Waals surface area contributed by atoms with Gasteiger partial charge in [0.2, 0.25) is 15.9 Å². The molecule has 0 saturated heterocycles. The lowest BCUT2D eigenvalue weighted by molar-refractivity contribution is -0.122. The van der Waals surface area contributed by atoms with Gasteiger partial charge in [0.1, 0.15) is 10.6 Å². The highest BCUT2D eigenvalue weighted by atomic mass is 35.5. The molecule has 2 rings (SSSR count). The number of aromatic nitrogens is 1. The van der Waals surface area contributed by atoms with E-state index in [0.717, 1.165) is 5.56 Å². The van der Waals surface area contributed by atoms with Crippen molar-refractivity contribution in [2.45, 2.75) is 38.3 Å². The molecular formula is C15H18ClN3O4S. The number of rotatable bonds is 6. The van der Waals surface area contributed by atoms with E-state index in [9.17, 15) is 13.2 Å². The smallest absolute Gasteiger partial charge is 0.246 e. The number of hydrogen-bond donors (Lipinski definition) is 2. The Balaban J connectivity index is 2.01. The van der Waals surface area contributed by atoms with Crippen molar-refractivity contribution in [3.05, 3.63) is 46.3 Å². The molecule has 7 nitrogen and oxygen atoms in total. The molecule has 1 aromatic carbocycles. The van der Waals surface area contributed by atoms with Gasteiger partial charge in [-0.25, -0.2) is 8.42 Å². The average Bonchev–Trinajstić information content (AvgIpc) is 2.84. The molecule has 2 aromatic rings. The molecule has 1 aromatic heterocycles. The summed E-state index contributed by atoms with van der Waals surface area (Å²) >= 11 is 5.88. The predicted molar refractivity (Wildman–Crippen MR) is 89.1 cm³/mol. The molecule has 0 radical (unpaired) electrons. The van der Waals surface area contributed by atoms with Crippen LogP contribution in [0.4, 0.5) is 0 Å². The lowest BCUT2D eigenvalue weighted by atomic mass is 10.2. The first-order valence-electron chi connectivity index (χ1n) is 7.18. The van der Waals surface area contributed by atoms with Gasteiger partial charge in [-0.2, -0.15) is 4.72 Å². The number of halogens is 1. The fraction of sp³-hybridized carbons (Fsp3) is 0.333. The highest BCUT2D eigenvalue weighted by molar-refractivity contribution is 7.89. The molecule has 0 saturated carbocycles. The van der Waals surface area contributed by atoms with Crippen LogP contribution < -0.4 is 10.0 Å². The molecule has 1 amide bonds. The predicted octanol–water partition coefficient (Wildman–Crippen LogP) is 1.93. The maximum atomic E-state index is 12.4. The van der Waals surface area contributed by atoms with Gasteiger partial charge in [0.15, 0.2) is 5.76 Å². The first-order chi connectivity index (χ1) is 11.2. The zero-order chi connectivity index (χ0) is 17.9. The summed E-state index contributed by atoms with van der Waals surface area (Å²) in [7, 11) is -3.90. The largest absolute Gasteiger partial charge is 0.360 e. The van der Waals surface area contributed by atoms with E-state index in [-0.39, 0.29) is 22.9 Å². The maximum Gasteiger partial charge on any atom is 0.246 e. The number of carbonyl (C=O) groups is 1. The van der Waals surface area contributed by atoms with E-state index in [1.54, 1.807) is 18.2 Å². The van der Waals surface area contributed by atoms with E-state index in [1.807, 2.05) is 6.07 Å². The third kappa shape index (κ3) is 4.34. The van der Waals surface area contributed by atoms with Crippen molar-refractivity contribution < 1.29 is 17.7 Å².